The van der Waals surface area contributed by atoms with E-state index < -0.39 is 11.4 Å². The van der Waals surface area contributed by atoms with Crippen molar-refractivity contribution in [3.63, 3.8) is 0 Å². The first-order valence-electron chi connectivity index (χ1n) is 7.21. The Morgan fingerprint density at radius 3 is 2.21 bits per heavy atom. The van der Waals surface area contributed by atoms with Crippen molar-refractivity contribution >= 4 is 11.7 Å². The van der Waals surface area contributed by atoms with Crippen LogP contribution in [0.3, 0.4) is 0 Å². The fraction of sp³-hybridized carbons (Fsp3) is 0.562. The van der Waals surface area contributed by atoms with Gasteiger partial charge in [-0.1, -0.05) is 38.5 Å². The van der Waals surface area contributed by atoms with Gasteiger partial charge in [-0.3, -0.25) is 4.79 Å². The average Bonchev–Trinajstić information content (AvgIpc) is 2.36. The van der Waals surface area contributed by atoms with Gasteiger partial charge in [0.2, 0.25) is 0 Å². The lowest BCUT2D eigenvalue weighted by atomic mass is 9.68. The minimum atomic E-state index is -0.654. The molecule has 3 nitrogen and oxygen atoms in total. The third-order valence-electron chi connectivity index (χ3n) is 4.37. The topological polar surface area (TPSA) is 49.3 Å². The van der Waals surface area contributed by atoms with Crippen molar-refractivity contribution in [2.75, 3.05) is 11.9 Å². The van der Waals surface area contributed by atoms with Crippen LogP contribution in [-0.4, -0.2) is 17.6 Å². The van der Waals surface area contributed by atoms with Gasteiger partial charge >= 0.3 is 5.97 Å². The third-order valence-corrected chi connectivity index (χ3v) is 4.37. The van der Waals surface area contributed by atoms with Crippen LogP contribution in [0.15, 0.2) is 18.2 Å². The summed E-state index contributed by atoms with van der Waals surface area (Å²) >= 11 is 0. The van der Waals surface area contributed by atoms with E-state index in [2.05, 4.69) is 37.4 Å². The second-order valence-electron chi connectivity index (χ2n) is 5.45. The number of rotatable bonds is 6. The molecule has 1 aliphatic rings. The molecular weight excluding hydrogens is 238 g/mol. The Labute approximate surface area is 115 Å². The molecule has 1 fully saturated rings. The number of aliphatic carboxylic acids is 1. The van der Waals surface area contributed by atoms with Crippen molar-refractivity contribution < 1.29 is 9.90 Å². The van der Waals surface area contributed by atoms with Crippen molar-refractivity contribution in [3.8, 4) is 0 Å². The summed E-state index contributed by atoms with van der Waals surface area (Å²) in [5.41, 5.74) is 3.17. The maximum atomic E-state index is 11.4. The van der Waals surface area contributed by atoms with Gasteiger partial charge in [0.15, 0.2) is 0 Å². The molecule has 0 saturated heterocycles. The molecule has 0 aliphatic heterocycles. The molecule has 0 amide bonds. The Bertz CT molecular complexity index is 442. The van der Waals surface area contributed by atoms with E-state index in [1.54, 1.807) is 0 Å². The first-order chi connectivity index (χ1) is 9.13. The summed E-state index contributed by atoms with van der Waals surface area (Å²) in [6.07, 6.45) is 4.56. The Morgan fingerprint density at radius 1 is 1.26 bits per heavy atom. The molecule has 1 aromatic carbocycles. The van der Waals surface area contributed by atoms with E-state index in [-0.39, 0.29) is 0 Å². The van der Waals surface area contributed by atoms with E-state index in [4.69, 9.17) is 0 Å². The van der Waals surface area contributed by atoms with E-state index in [0.717, 1.165) is 37.8 Å². The number of carboxylic acids is 1. The number of nitrogens with one attached hydrogen (secondary N) is 1. The zero-order valence-electron chi connectivity index (χ0n) is 11.8. The number of aryl methyl sites for hydroxylation is 2. The highest BCUT2D eigenvalue weighted by atomic mass is 16.4. The first kappa shape index (κ1) is 13.9. The van der Waals surface area contributed by atoms with Gasteiger partial charge in [0, 0.05) is 12.2 Å². The number of carbonyl (C=O) groups is 1. The molecule has 0 spiro atoms. The monoisotopic (exact) mass is 261 g/mol. The lowest BCUT2D eigenvalue weighted by Crippen LogP contribution is -2.43. The highest BCUT2D eigenvalue weighted by Gasteiger charge is 2.44. The van der Waals surface area contributed by atoms with Gasteiger partial charge in [-0.2, -0.15) is 0 Å². The molecule has 0 atom stereocenters. The fourth-order valence-electron chi connectivity index (χ4n) is 2.80. The van der Waals surface area contributed by atoms with E-state index >= 15 is 0 Å². The van der Waals surface area contributed by atoms with Gasteiger partial charge in [-0.05, 0) is 36.8 Å². The summed E-state index contributed by atoms with van der Waals surface area (Å²) in [5, 5.41) is 12.8. The van der Waals surface area contributed by atoms with Crippen LogP contribution in [0.5, 0.6) is 0 Å². The summed E-state index contributed by atoms with van der Waals surface area (Å²) in [6, 6.07) is 6.32. The summed E-state index contributed by atoms with van der Waals surface area (Å²) in [4.78, 5) is 11.4. The van der Waals surface area contributed by atoms with Crippen LogP contribution < -0.4 is 5.32 Å². The second kappa shape index (κ2) is 5.64. The van der Waals surface area contributed by atoms with E-state index in [0.29, 0.717) is 6.54 Å². The Balaban J connectivity index is 2.17. The van der Waals surface area contributed by atoms with E-state index in [9.17, 15) is 9.90 Å². The van der Waals surface area contributed by atoms with Crippen LogP contribution in [-0.2, 0) is 17.6 Å². The number of anilines is 1. The van der Waals surface area contributed by atoms with Crippen molar-refractivity contribution in [1.82, 2.24) is 0 Å². The predicted molar refractivity (Wildman–Crippen MR) is 77.6 cm³/mol. The number of carboxylic acid groups (broad SMARTS) is 1. The normalized spacial score (nSPS) is 16.7. The first-order valence-corrected chi connectivity index (χ1v) is 7.21. The Hall–Kier alpha value is -1.51. The summed E-state index contributed by atoms with van der Waals surface area (Å²) < 4.78 is 0. The van der Waals surface area contributed by atoms with Crippen LogP contribution >= 0.6 is 0 Å². The van der Waals surface area contributed by atoms with Gasteiger partial charge < -0.3 is 10.4 Å². The van der Waals surface area contributed by atoms with Crippen LogP contribution in [0, 0.1) is 5.41 Å². The lowest BCUT2D eigenvalue weighted by Gasteiger charge is -2.38. The Kier molecular flexibility index (Phi) is 4.13. The number of hydrogen-bond donors (Lipinski definition) is 2. The molecule has 19 heavy (non-hydrogen) atoms. The highest BCUT2D eigenvalue weighted by Crippen LogP contribution is 2.41. The van der Waals surface area contributed by atoms with Crippen molar-refractivity contribution in [2.45, 2.75) is 46.0 Å². The summed E-state index contributed by atoms with van der Waals surface area (Å²) in [5.74, 6) is -0.654. The second-order valence-corrected chi connectivity index (χ2v) is 5.45. The van der Waals surface area contributed by atoms with Crippen LogP contribution in [0.4, 0.5) is 5.69 Å². The molecule has 0 bridgehead atoms. The van der Waals surface area contributed by atoms with Gasteiger partial charge in [-0.25, -0.2) is 0 Å². The van der Waals surface area contributed by atoms with Crippen LogP contribution in [0.2, 0.25) is 0 Å². The molecule has 1 saturated carbocycles. The standard InChI is InChI=1S/C16H23NO2/c1-3-12-7-5-8-13(4-2)14(12)17-11-16(15(18)19)9-6-10-16/h5,7-8,17H,3-4,6,9-11H2,1-2H3,(H,18,19). The number of para-hydroxylation sites is 1. The van der Waals surface area contributed by atoms with Crippen LogP contribution in [0.25, 0.3) is 0 Å². The SMILES string of the molecule is CCc1cccc(CC)c1NCC1(C(=O)O)CCC1. The highest BCUT2D eigenvalue weighted by molar-refractivity contribution is 5.77. The lowest BCUT2D eigenvalue weighted by molar-refractivity contribution is -0.153. The van der Waals surface area contributed by atoms with E-state index in [1.807, 2.05) is 0 Å². The molecule has 1 aliphatic carbocycles. The predicted octanol–water partition coefficient (Wildman–Crippen LogP) is 3.48. The van der Waals surface area contributed by atoms with Crippen molar-refractivity contribution in [2.24, 2.45) is 5.41 Å². The van der Waals surface area contributed by atoms with Crippen LogP contribution in [0.1, 0.15) is 44.2 Å². The molecule has 1 aromatic rings. The van der Waals surface area contributed by atoms with Crippen molar-refractivity contribution in [1.29, 1.82) is 0 Å². The molecule has 0 aromatic heterocycles. The Morgan fingerprint density at radius 2 is 1.84 bits per heavy atom. The number of hydrogen-bond acceptors (Lipinski definition) is 2. The van der Waals surface area contributed by atoms with Gasteiger partial charge in [0.1, 0.15) is 0 Å². The smallest absolute Gasteiger partial charge is 0.311 e. The summed E-state index contributed by atoms with van der Waals surface area (Å²) in [6.45, 7) is 4.82. The molecule has 0 radical (unpaired) electrons. The minimum Gasteiger partial charge on any atom is -0.481 e. The van der Waals surface area contributed by atoms with Crippen molar-refractivity contribution in [3.05, 3.63) is 29.3 Å². The molecule has 2 N–H and O–H groups in total. The molecule has 0 unspecified atom stereocenters. The molecule has 0 heterocycles. The molecule has 104 valence electrons. The largest absolute Gasteiger partial charge is 0.481 e. The maximum absolute atomic E-state index is 11.4. The number of benzene rings is 1. The van der Waals surface area contributed by atoms with Gasteiger partial charge in [0.25, 0.3) is 0 Å². The van der Waals surface area contributed by atoms with Gasteiger partial charge in [0.05, 0.1) is 5.41 Å². The molecular formula is C16H23NO2. The third kappa shape index (κ3) is 2.60. The van der Waals surface area contributed by atoms with E-state index in [1.165, 1.54) is 11.1 Å². The quantitative estimate of drug-likeness (QED) is 0.824. The average molecular weight is 261 g/mol. The zero-order chi connectivity index (χ0) is 13.9. The zero-order valence-corrected chi connectivity index (χ0v) is 11.8. The molecule has 2 rings (SSSR count). The maximum Gasteiger partial charge on any atom is 0.311 e. The molecule has 3 heteroatoms. The van der Waals surface area contributed by atoms with Gasteiger partial charge in [-0.15, -0.1) is 0 Å². The fourth-order valence-corrected chi connectivity index (χ4v) is 2.80. The minimum absolute atomic E-state index is 0.536. The summed E-state index contributed by atoms with van der Waals surface area (Å²) in [7, 11) is 0.